The summed E-state index contributed by atoms with van der Waals surface area (Å²) in [5.41, 5.74) is 2.93. The lowest BCUT2D eigenvalue weighted by Crippen LogP contribution is -2.32. The molecule has 1 aliphatic rings. The van der Waals surface area contributed by atoms with Crippen LogP contribution < -0.4 is 16.4 Å². The van der Waals surface area contributed by atoms with E-state index in [1.807, 2.05) is 22.6 Å². The van der Waals surface area contributed by atoms with Crippen molar-refractivity contribution in [1.82, 2.24) is 10.0 Å². The fourth-order valence-corrected chi connectivity index (χ4v) is 3.45. The van der Waals surface area contributed by atoms with Gasteiger partial charge in [0.15, 0.2) is 0 Å². The number of nitrogens with zero attached hydrogens (tertiary/aromatic N) is 1. The van der Waals surface area contributed by atoms with Gasteiger partial charge < -0.3 is 20.1 Å². The highest BCUT2D eigenvalue weighted by atomic mass is 127. The molecule has 0 bridgehead atoms. The van der Waals surface area contributed by atoms with Crippen molar-refractivity contribution in [2.24, 2.45) is 0 Å². The van der Waals surface area contributed by atoms with E-state index in [0.29, 0.717) is 28.7 Å². The molecule has 0 radical (unpaired) electrons. The van der Waals surface area contributed by atoms with Crippen LogP contribution in [0.4, 0.5) is 15.8 Å². The monoisotopic (exact) mass is 503 g/mol. The molecule has 1 atom stereocenters. The van der Waals surface area contributed by atoms with E-state index in [1.54, 1.807) is 6.07 Å². The average molecular weight is 503 g/mol. The smallest absolute Gasteiger partial charge is 0.278 e. The number of nitrogens with one attached hydrogen (secondary N) is 2. The zero-order chi connectivity index (χ0) is 20.3. The highest BCUT2D eigenvalue weighted by Crippen LogP contribution is 2.28. The Morgan fingerprint density at radius 3 is 2.86 bits per heavy atom. The van der Waals surface area contributed by atoms with E-state index < -0.39 is 24.4 Å². The fourth-order valence-electron chi connectivity index (χ4n) is 3.00. The number of hydrogen-bond donors (Lipinski definition) is 4. The Hall–Kier alpha value is -2.02. The van der Waals surface area contributed by atoms with Gasteiger partial charge in [-0.15, -0.1) is 0 Å². The van der Waals surface area contributed by atoms with Gasteiger partial charge in [0.05, 0.1) is 23.5 Å². The van der Waals surface area contributed by atoms with Crippen molar-refractivity contribution in [3.05, 3.63) is 55.3 Å². The first-order valence-corrected chi connectivity index (χ1v) is 9.68. The maximum atomic E-state index is 14.2. The number of carbonyl (C=O) groups excluding carboxylic acids is 1. The van der Waals surface area contributed by atoms with Gasteiger partial charge >= 0.3 is 0 Å². The van der Waals surface area contributed by atoms with Crippen LogP contribution in [-0.2, 0) is 17.8 Å². The molecule has 10 heteroatoms. The summed E-state index contributed by atoms with van der Waals surface area (Å²) in [7, 11) is 0. The lowest BCUT2D eigenvalue weighted by atomic mass is 10.1. The molecule has 8 nitrogen and oxygen atoms in total. The van der Waals surface area contributed by atoms with Crippen molar-refractivity contribution in [2.45, 2.75) is 25.5 Å². The molecule has 1 amide bonds. The Morgan fingerprint density at radius 2 is 2.14 bits per heavy atom. The van der Waals surface area contributed by atoms with Crippen LogP contribution in [0, 0.1) is 9.39 Å². The number of carbonyl (C=O) groups is 1. The Labute approximate surface area is 173 Å². The number of aromatic nitrogens is 1. The minimum Gasteiger partial charge on any atom is -0.394 e. The van der Waals surface area contributed by atoms with Crippen LogP contribution in [0.3, 0.4) is 0 Å². The molecular formula is C18H19FIN3O5. The molecule has 1 aromatic heterocycles. The topological polar surface area (TPSA) is 113 Å². The van der Waals surface area contributed by atoms with Crippen molar-refractivity contribution in [3.8, 4) is 0 Å². The largest absolute Gasteiger partial charge is 0.394 e. The molecule has 0 saturated carbocycles. The molecule has 0 spiro atoms. The number of amides is 1. The highest BCUT2D eigenvalue weighted by Gasteiger charge is 2.25. The average Bonchev–Trinajstić information content (AvgIpc) is 3.14. The first-order valence-electron chi connectivity index (χ1n) is 8.60. The summed E-state index contributed by atoms with van der Waals surface area (Å²) in [5.74, 6) is -1.15. The second kappa shape index (κ2) is 8.99. The van der Waals surface area contributed by atoms with Crippen molar-refractivity contribution >= 4 is 39.9 Å². The number of hydroxylamine groups is 1. The van der Waals surface area contributed by atoms with Crippen LogP contribution in [0.5, 0.6) is 0 Å². The number of fused-ring (bicyclic) bond motifs is 1. The van der Waals surface area contributed by atoms with Gasteiger partial charge in [0.1, 0.15) is 18.5 Å². The third-order valence-corrected chi connectivity index (χ3v) is 4.96. The third kappa shape index (κ3) is 4.51. The van der Waals surface area contributed by atoms with Crippen LogP contribution >= 0.6 is 22.6 Å². The Bertz CT molecular complexity index is 950. The van der Waals surface area contributed by atoms with Gasteiger partial charge in [0, 0.05) is 21.9 Å². The summed E-state index contributed by atoms with van der Waals surface area (Å²) in [5, 5.41) is 20.9. The number of hydrogen-bond acceptors (Lipinski definition) is 6. The van der Waals surface area contributed by atoms with Gasteiger partial charge in [-0.3, -0.25) is 14.4 Å². The fraction of sp³-hybridized carbons (Fsp3) is 0.333. The van der Waals surface area contributed by atoms with Crippen molar-refractivity contribution in [2.75, 3.05) is 18.5 Å². The number of rotatable bonds is 7. The van der Waals surface area contributed by atoms with Crippen molar-refractivity contribution in [3.63, 3.8) is 0 Å². The van der Waals surface area contributed by atoms with Crippen LogP contribution in [0.1, 0.15) is 22.5 Å². The molecule has 150 valence electrons. The summed E-state index contributed by atoms with van der Waals surface area (Å²) in [4.78, 5) is 30.0. The Balaban J connectivity index is 1.94. The number of aliphatic hydroxyl groups is 2. The molecule has 0 aliphatic carbocycles. The van der Waals surface area contributed by atoms with Crippen LogP contribution in [0.15, 0.2) is 29.1 Å². The second-order valence-corrected chi connectivity index (χ2v) is 7.55. The minimum atomic E-state index is -1.14. The molecule has 2 aromatic rings. The standard InChI is InChI=1S/C18H19FIN3O5/c19-12-6-10(20)3-4-13(12)21-14-7-16(26)23-5-1-2-15(23)17(14)18(27)22-28-9-11(25)8-24/h3-4,6-7,11,21,24-25H,1-2,5,8-9H2,(H,22,27). The summed E-state index contributed by atoms with van der Waals surface area (Å²) in [6.07, 6.45) is 0.0889. The molecule has 0 fully saturated rings. The van der Waals surface area contributed by atoms with E-state index in [-0.39, 0.29) is 29.1 Å². The second-order valence-electron chi connectivity index (χ2n) is 6.30. The molecule has 0 saturated heterocycles. The summed E-state index contributed by atoms with van der Waals surface area (Å²) >= 11 is 1.98. The number of halogens is 2. The predicted molar refractivity (Wildman–Crippen MR) is 108 cm³/mol. The maximum Gasteiger partial charge on any atom is 0.278 e. The number of benzene rings is 1. The molecule has 3 rings (SSSR count). The van der Waals surface area contributed by atoms with E-state index in [1.165, 1.54) is 22.8 Å². The first kappa shape index (κ1) is 20.7. The molecule has 1 aliphatic heterocycles. The van der Waals surface area contributed by atoms with E-state index >= 15 is 0 Å². The third-order valence-electron chi connectivity index (χ3n) is 4.29. The number of anilines is 2. The summed E-state index contributed by atoms with van der Waals surface area (Å²) in [6.45, 7) is -0.312. The van der Waals surface area contributed by atoms with E-state index in [0.717, 1.165) is 0 Å². The SMILES string of the molecule is O=C(NOCC(O)CO)c1c(Nc2ccc(I)cc2F)cc(=O)n2c1CCC2. The van der Waals surface area contributed by atoms with Gasteiger partial charge in [-0.1, -0.05) is 0 Å². The molecule has 4 N–H and O–H groups in total. The summed E-state index contributed by atoms with van der Waals surface area (Å²) in [6, 6.07) is 5.81. The first-order chi connectivity index (χ1) is 13.4. The van der Waals surface area contributed by atoms with E-state index in [4.69, 9.17) is 9.94 Å². The Morgan fingerprint density at radius 1 is 1.36 bits per heavy atom. The highest BCUT2D eigenvalue weighted by molar-refractivity contribution is 14.1. The zero-order valence-electron chi connectivity index (χ0n) is 14.7. The van der Waals surface area contributed by atoms with E-state index in [9.17, 15) is 19.1 Å². The van der Waals surface area contributed by atoms with Gasteiger partial charge in [-0.25, -0.2) is 9.87 Å². The summed E-state index contributed by atoms with van der Waals surface area (Å²) < 4.78 is 16.5. The maximum absolute atomic E-state index is 14.2. The van der Waals surface area contributed by atoms with Crippen molar-refractivity contribution < 1.29 is 24.2 Å². The van der Waals surface area contributed by atoms with Gasteiger partial charge in [0.25, 0.3) is 11.5 Å². The molecule has 1 aromatic carbocycles. The van der Waals surface area contributed by atoms with Gasteiger partial charge in [0.2, 0.25) is 0 Å². The van der Waals surface area contributed by atoms with Crippen LogP contribution in [0.2, 0.25) is 0 Å². The van der Waals surface area contributed by atoms with Crippen LogP contribution in [0.25, 0.3) is 0 Å². The zero-order valence-corrected chi connectivity index (χ0v) is 16.9. The predicted octanol–water partition coefficient (Wildman–Crippen LogP) is 1.30. The lowest BCUT2D eigenvalue weighted by Gasteiger charge is -2.17. The molecule has 1 unspecified atom stereocenters. The Kier molecular flexibility index (Phi) is 6.65. The van der Waals surface area contributed by atoms with E-state index in [2.05, 4.69) is 10.8 Å². The minimum absolute atomic E-state index is 0.133. The van der Waals surface area contributed by atoms with Crippen LogP contribution in [-0.4, -0.2) is 40.0 Å². The molecule has 28 heavy (non-hydrogen) atoms. The number of aliphatic hydroxyl groups excluding tert-OH is 2. The van der Waals surface area contributed by atoms with Gasteiger partial charge in [-0.2, -0.15) is 0 Å². The lowest BCUT2D eigenvalue weighted by molar-refractivity contribution is -0.0295. The number of pyridine rings is 1. The quantitative estimate of drug-likeness (QED) is 0.335. The normalized spacial score (nSPS) is 13.9. The molecule has 2 heterocycles. The molecular weight excluding hydrogens is 484 g/mol. The van der Waals surface area contributed by atoms with Gasteiger partial charge in [-0.05, 0) is 53.6 Å². The van der Waals surface area contributed by atoms with Crippen molar-refractivity contribution in [1.29, 1.82) is 0 Å².